The number of amides is 1. The third-order valence-corrected chi connectivity index (χ3v) is 3.42. The molecule has 0 fully saturated rings. The molecule has 1 heterocycles. The van der Waals surface area contributed by atoms with Gasteiger partial charge in [-0.15, -0.1) is 0 Å². The van der Waals surface area contributed by atoms with Gasteiger partial charge in [-0.1, -0.05) is 22.8 Å². The maximum atomic E-state index is 13.7. The molecule has 0 spiro atoms. The molecule has 1 aromatic heterocycles. The maximum absolute atomic E-state index is 13.7. The number of hydrogen-bond acceptors (Lipinski definition) is 4. The van der Waals surface area contributed by atoms with Crippen LogP contribution in [-0.4, -0.2) is 16.0 Å². The fraction of sp³-hybridized carbons (Fsp3) is 0.0625. The predicted octanol–water partition coefficient (Wildman–Crippen LogP) is 4.09. The number of anilines is 1. The lowest BCUT2D eigenvalue weighted by atomic mass is 10.1. The fourth-order valence-corrected chi connectivity index (χ4v) is 2.27. The molecule has 0 bridgehead atoms. The summed E-state index contributed by atoms with van der Waals surface area (Å²) in [6.45, 7) is 1.72. The van der Waals surface area contributed by atoms with Crippen LogP contribution in [0.3, 0.4) is 0 Å². The van der Waals surface area contributed by atoms with E-state index >= 15 is 0 Å². The first-order valence-corrected chi connectivity index (χ1v) is 7.08. The number of nitrogens with zero attached hydrogens (tertiary/aromatic N) is 2. The molecular weight excluding hydrogens is 321 g/mol. The minimum Gasteiger partial charge on any atom is -0.334 e. The summed E-state index contributed by atoms with van der Waals surface area (Å²) >= 11 is 5.87. The number of aryl methyl sites for hydroxylation is 1. The zero-order valence-corrected chi connectivity index (χ0v) is 12.8. The van der Waals surface area contributed by atoms with Crippen molar-refractivity contribution in [3.63, 3.8) is 0 Å². The van der Waals surface area contributed by atoms with Crippen molar-refractivity contribution in [2.45, 2.75) is 6.92 Å². The second kappa shape index (κ2) is 6.18. The van der Waals surface area contributed by atoms with Crippen LogP contribution >= 0.6 is 11.6 Å². The highest BCUT2D eigenvalue weighted by Crippen LogP contribution is 2.22. The van der Waals surface area contributed by atoms with Gasteiger partial charge in [0.2, 0.25) is 0 Å². The standard InChI is InChI=1S/C16H11ClFN3O2/c1-9-19-16(23-21-9)10-5-7-11(8-6-10)20-15(22)14-12(17)3-2-4-13(14)18/h2-8H,1H3,(H,20,22). The average Bonchev–Trinajstić information content (AvgIpc) is 2.94. The van der Waals surface area contributed by atoms with Crippen LogP contribution in [0.2, 0.25) is 5.02 Å². The minimum atomic E-state index is -0.673. The third-order valence-electron chi connectivity index (χ3n) is 3.11. The van der Waals surface area contributed by atoms with Gasteiger partial charge >= 0.3 is 0 Å². The van der Waals surface area contributed by atoms with E-state index in [0.717, 1.165) is 0 Å². The first-order valence-electron chi connectivity index (χ1n) is 6.70. The van der Waals surface area contributed by atoms with Gasteiger partial charge in [0, 0.05) is 11.3 Å². The molecule has 1 amide bonds. The number of benzene rings is 2. The Morgan fingerprint density at radius 1 is 1.22 bits per heavy atom. The second-order valence-electron chi connectivity index (χ2n) is 4.77. The molecule has 3 rings (SSSR count). The van der Waals surface area contributed by atoms with Gasteiger partial charge in [0.05, 0.1) is 10.6 Å². The van der Waals surface area contributed by atoms with E-state index in [-0.39, 0.29) is 10.6 Å². The molecule has 0 radical (unpaired) electrons. The summed E-state index contributed by atoms with van der Waals surface area (Å²) in [5, 5.41) is 6.36. The van der Waals surface area contributed by atoms with E-state index in [1.165, 1.54) is 18.2 Å². The quantitative estimate of drug-likeness (QED) is 0.785. The zero-order valence-electron chi connectivity index (χ0n) is 12.0. The van der Waals surface area contributed by atoms with Crippen molar-refractivity contribution in [3.05, 3.63) is 64.7 Å². The van der Waals surface area contributed by atoms with Crippen LogP contribution in [0.15, 0.2) is 47.0 Å². The second-order valence-corrected chi connectivity index (χ2v) is 5.18. The Balaban J connectivity index is 1.79. The molecule has 2 aromatic carbocycles. The summed E-state index contributed by atoms with van der Waals surface area (Å²) in [6.07, 6.45) is 0. The molecule has 0 atom stereocenters. The van der Waals surface area contributed by atoms with Crippen molar-refractivity contribution < 1.29 is 13.7 Å². The van der Waals surface area contributed by atoms with E-state index in [1.54, 1.807) is 31.2 Å². The Labute approximate surface area is 136 Å². The molecule has 0 aliphatic heterocycles. The third kappa shape index (κ3) is 3.22. The summed E-state index contributed by atoms with van der Waals surface area (Å²) in [7, 11) is 0. The summed E-state index contributed by atoms with van der Waals surface area (Å²) in [6, 6.07) is 10.8. The average molecular weight is 332 g/mol. The van der Waals surface area contributed by atoms with Crippen LogP contribution in [-0.2, 0) is 0 Å². The van der Waals surface area contributed by atoms with Gasteiger partial charge in [0.1, 0.15) is 5.82 Å². The lowest BCUT2D eigenvalue weighted by Crippen LogP contribution is -2.14. The van der Waals surface area contributed by atoms with Gasteiger partial charge in [0.15, 0.2) is 5.82 Å². The largest absolute Gasteiger partial charge is 0.334 e. The normalized spacial score (nSPS) is 10.6. The van der Waals surface area contributed by atoms with Gasteiger partial charge < -0.3 is 9.84 Å². The van der Waals surface area contributed by atoms with Crippen LogP contribution in [0.5, 0.6) is 0 Å². The molecular formula is C16H11ClFN3O2. The Hall–Kier alpha value is -2.73. The van der Waals surface area contributed by atoms with Crippen molar-refractivity contribution >= 4 is 23.2 Å². The van der Waals surface area contributed by atoms with Crippen LogP contribution < -0.4 is 5.32 Å². The fourth-order valence-electron chi connectivity index (χ4n) is 2.02. The molecule has 1 N–H and O–H groups in total. The van der Waals surface area contributed by atoms with E-state index in [0.29, 0.717) is 23.0 Å². The molecule has 3 aromatic rings. The highest BCUT2D eigenvalue weighted by Gasteiger charge is 2.16. The van der Waals surface area contributed by atoms with E-state index in [2.05, 4.69) is 15.5 Å². The number of halogens is 2. The SMILES string of the molecule is Cc1noc(-c2ccc(NC(=O)c3c(F)cccc3Cl)cc2)n1. The summed E-state index contributed by atoms with van der Waals surface area (Å²) in [4.78, 5) is 16.2. The van der Waals surface area contributed by atoms with Crippen LogP contribution in [0, 0.1) is 12.7 Å². The highest BCUT2D eigenvalue weighted by atomic mass is 35.5. The van der Waals surface area contributed by atoms with Crippen LogP contribution in [0.4, 0.5) is 10.1 Å². The van der Waals surface area contributed by atoms with Gasteiger partial charge in [-0.25, -0.2) is 4.39 Å². The number of rotatable bonds is 3. The van der Waals surface area contributed by atoms with E-state index < -0.39 is 11.7 Å². The van der Waals surface area contributed by atoms with E-state index in [9.17, 15) is 9.18 Å². The lowest BCUT2D eigenvalue weighted by Gasteiger charge is -2.08. The predicted molar refractivity (Wildman–Crippen MR) is 83.8 cm³/mol. The lowest BCUT2D eigenvalue weighted by molar-refractivity contribution is 0.102. The Morgan fingerprint density at radius 3 is 2.57 bits per heavy atom. The first-order chi connectivity index (χ1) is 11.0. The number of carbonyl (C=O) groups is 1. The molecule has 0 aliphatic rings. The van der Waals surface area contributed by atoms with Crippen LogP contribution in [0.1, 0.15) is 16.2 Å². The molecule has 0 saturated heterocycles. The van der Waals surface area contributed by atoms with Crippen molar-refractivity contribution in [1.82, 2.24) is 10.1 Å². The number of nitrogens with one attached hydrogen (secondary N) is 1. The van der Waals surface area contributed by atoms with Gasteiger partial charge in [-0.2, -0.15) is 4.98 Å². The van der Waals surface area contributed by atoms with Crippen molar-refractivity contribution in [1.29, 1.82) is 0 Å². The maximum Gasteiger partial charge on any atom is 0.260 e. The van der Waals surface area contributed by atoms with E-state index in [1.807, 2.05) is 0 Å². The molecule has 0 saturated carbocycles. The van der Waals surface area contributed by atoms with Crippen molar-refractivity contribution in [2.75, 3.05) is 5.32 Å². The van der Waals surface area contributed by atoms with E-state index in [4.69, 9.17) is 16.1 Å². The monoisotopic (exact) mass is 331 g/mol. The Morgan fingerprint density at radius 2 is 1.96 bits per heavy atom. The van der Waals surface area contributed by atoms with Crippen molar-refractivity contribution in [3.8, 4) is 11.5 Å². The molecule has 23 heavy (non-hydrogen) atoms. The number of carbonyl (C=O) groups excluding carboxylic acids is 1. The first kappa shape index (κ1) is 15.2. The summed E-state index contributed by atoms with van der Waals surface area (Å²) in [5.74, 6) is -0.369. The van der Waals surface area contributed by atoms with Gasteiger partial charge in [0.25, 0.3) is 11.8 Å². The Bertz CT molecular complexity index is 842. The van der Waals surface area contributed by atoms with Crippen molar-refractivity contribution in [2.24, 2.45) is 0 Å². The minimum absolute atomic E-state index is 0.0560. The molecule has 0 unspecified atom stereocenters. The molecule has 116 valence electrons. The molecule has 5 nitrogen and oxygen atoms in total. The molecule has 7 heteroatoms. The summed E-state index contributed by atoms with van der Waals surface area (Å²) in [5.41, 5.74) is 1.02. The Kier molecular flexibility index (Phi) is 4.08. The van der Waals surface area contributed by atoms with Gasteiger partial charge in [-0.05, 0) is 43.3 Å². The zero-order chi connectivity index (χ0) is 16.4. The summed E-state index contributed by atoms with van der Waals surface area (Å²) < 4.78 is 18.8. The topological polar surface area (TPSA) is 68.0 Å². The number of hydrogen-bond donors (Lipinski definition) is 1. The highest BCUT2D eigenvalue weighted by molar-refractivity contribution is 6.34. The number of aromatic nitrogens is 2. The van der Waals surface area contributed by atoms with Gasteiger partial charge in [-0.3, -0.25) is 4.79 Å². The smallest absolute Gasteiger partial charge is 0.260 e. The van der Waals surface area contributed by atoms with Crippen LogP contribution in [0.25, 0.3) is 11.5 Å². The molecule has 0 aliphatic carbocycles.